The molecule has 1 aliphatic heterocycles. The number of aliphatic carboxylic acids is 1. The van der Waals surface area contributed by atoms with Crippen molar-refractivity contribution in [3.63, 3.8) is 0 Å². The lowest BCUT2D eigenvalue weighted by molar-refractivity contribution is -0.136. The Kier molecular flexibility index (Phi) is 3.78. The topological polar surface area (TPSA) is 75.6 Å². The van der Waals surface area contributed by atoms with Crippen LogP contribution in [0.4, 0.5) is 5.69 Å². The maximum Gasteiger partial charge on any atom is 0.307 e. The van der Waals surface area contributed by atoms with Crippen molar-refractivity contribution in [2.24, 2.45) is 0 Å². The number of anilines is 1. The monoisotopic (exact) mass is 297 g/mol. The molecule has 5 heteroatoms. The number of rotatable bonds is 4. The SMILES string of the molecule is O=C(O)Cc1ccc(NC(=O)C2Cc3ccccc3O2)cc1. The standard InChI is InChI=1S/C17H15NO4/c19-16(20)9-11-5-7-13(8-6-11)18-17(21)15-10-12-3-1-2-4-14(12)22-15/h1-8,15H,9-10H2,(H,18,21)(H,19,20). The van der Waals surface area contributed by atoms with E-state index in [4.69, 9.17) is 9.84 Å². The van der Waals surface area contributed by atoms with Crippen molar-refractivity contribution in [3.8, 4) is 5.75 Å². The fraction of sp³-hybridized carbons (Fsp3) is 0.176. The molecule has 0 saturated carbocycles. The predicted octanol–water partition coefficient (Wildman–Crippen LogP) is 2.26. The first-order valence-corrected chi connectivity index (χ1v) is 6.98. The van der Waals surface area contributed by atoms with E-state index in [0.717, 1.165) is 11.3 Å². The van der Waals surface area contributed by atoms with E-state index in [1.54, 1.807) is 24.3 Å². The van der Waals surface area contributed by atoms with Gasteiger partial charge in [0.15, 0.2) is 6.10 Å². The molecule has 3 rings (SSSR count). The molecule has 0 bridgehead atoms. The first-order valence-electron chi connectivity index (χ1n) is 6.98. The highest BCUT2D eigenvalue weighted by Gasteiger charge is 2.28. The Hall–Kier alpha value is -2.82. The summed E-state index contributed by atoms with van der Waals surface area (Å²) in [5.41, 5.74) is 2.34. The Morgan fingerprint density at radius 3 is 2.55 bits per heavy atom. The summed E-state index contributed by atoms with van der Waals surface area (Å²) < 4.78 is 5.63. The van der Waals surface area contributed by atoms with E-state index in [-0.39, 0.29) is 12.3 Å². The van der Waals surface area contributed by atoms with Gasteiger partial charge in [-0.1, -0.05) is 30.3 Å². The second kappa shape index (κ2) is 5.89. The van der Waals surface area contributed by atoms with Gasteiger partial charge in [-0.15, -0.1) is 0 Å². The van der Waals surface area contributed by atoms with Gasteiger partial charge in [-0.25, -0.2) is 0 Å². The van der Waals surface area contributed by atoms with Crippen molar-refractivity contribution in [2.75, 3.05) is 5.32 Å². The molecule has 2 N–H and O–H groups in total. The summed E-state index contributed by atoms with van der Waals surface area (Å²) >= 11 is 0. The number of para-hydroxylation sites is 1. The molecule has 0 aliphatic carbocycles. The second-order valence-electron chi connectivity index (χ2n) is 5.18. The fourth-order valence-corrected chi connectivity index (χ4v) is 2.43. The average molecular weight is 297 g/mol. The lowest BCUT2D eigenvalue weighted by Crippen LogP contribution is -2.31. The Bertz CT molecular complexity index is 684. The maximum absolute atomic E-state index is 12.2. The smallest absolute Gasteiger partial charge is 0.307 e. The maximum atomic E-state index is 12.2. The van der Waals surface area contributed by atoms with Crippen molar-refractivity contribution in [1.29, 1.82) is 0 Å². The van der Waals surface area contributed by atoms with Gasteiger partial charge in [0.05, 0.1) is 6.42 Å². The zero-order valence-corrected chi connectivity index (χ0v) is 11.8. The van der Waals surface area contributed by atoms with Crippen LogP contribution >= 0.6 is 0 Å². The lowest BCUT2D eigenvalue weighted by Gasteiger charge is -2.11. The van der Waals surface area contributed by atoms with Gasteiger partial charge in [-0.2, -0.15) is 0 Å². The summed E-state index contributed by atoms with van der Waals surface area (Å²) in [4.78, 5) is 22.8. The average Bonchev–Trinajstić information content (AvgIpc) is 2.93. The Morgan fingerprint density at radius 1 is 1.14 bits per heavy atom. The third kappa shape index (κ3) is 3.09. The summed E-state index contributed by atoms with van der Waals surface area (Å²) in [6, 6.07) is 14.4. The summed E-state index contributed by atoms with van der Waals surface area (Å²) in [5, 5.41) is 11.5. The number of carboxylic acids is 1. The van der Waals surface area contributed by atoms with Crippen LogP contribution in [0.25, 0.3) is 0 Å². The van der Waals surface area contributed by atoms with Gasteiger partial charge >= 0.3 is 5.97 Å². The van der Waals surface area contributed by atoms with Gasteiger partial charge in [0.1, 0.15) is 5.75 Å². The number of ether oxygens (including phenoxy) is 1. The van der Waals surface area contributed by atoms with Gasteiger partial charge in [-0.05, 0) is 29.3 Å². The normalized spacial score (nSPS) is 15.7. The third-order valence-electron chi connectivity index (χ3n) is 3.52. The fourth-order valence-electron chi connectivity index (χ4n) is 2.43. The summed E-state index contributed by atoms with van der Waals surface area (Å²) in [5.74, 6) is -0.337. The van der Waals surface area contributed by atoms with Gasteiger partial charge in [0, 0.05) is 12.1 Å². The number of nitrogens with one attached hydrogen (secondary N) is 1. The number of carboxylic acid groups (broad SMARTS) is 1. The minimum Gasteiger partial charge on any atom is -0.481 e. The molecule has 1 atom stereocenters. The van der Waals surface area contributed by atoms with E-state index < -0.39 is 12.1 Å². The molecule has 0 radical (unpaired) electrons. The van der Waals surface area contributed by atoms with Crippen LogP contribution in [0.1, 0.15) is 11.1 Å². The molecule has 0 saturated heterocycles. The van der Waals surface area contributed by atoms with Gasteiger partial charge in [-0.3, -0.25) is 9.59 Å². The summed E-state index contributed by atoms with van der Waals surface area (Å²) in [6.45, 7) is 0. The van der Waals surface area contributed by atoms with Crippen molar-refractivity contribution in [2.45, 2.75) is 18.9 Å². The minimum absolute atomic E-state index is 0.0325. The van der Waals surface area contributed by atoms with E-state index in [9.17, 15) is 9.59 Å². The first kappa shape index (κ1) is 14.1. The number of hydrogen-bond acceptors (Lipinski definition) is 3. The molecular weight excluding hydrogens is 282 g/mol. The molecule has 2 aromatic carbocycles. The quantitative estimate of drug-likeness (QED) is 0.907. The van der Waals surface area contributed by atoms with Crippen LogP contribution in [0.3, 0.4) is 0 Å². The molecule has 1 amide bonds. The Labute approximate surface area is 127 Å². The van der Waals surface area contributed by atoms with E-state index >= 15 is 0 Å². The predicted molar refractivity (Wildman–Crippen MR) is 81.0 cm³/mol. The van der Waals surface area contributed by atoms with Crippen molar-refractivity contribution in [3.05, 3.63) is 59.7 Å². The van der Waals surface area contributed by atoms with Crippen molar-refractivity contribution < 1.29 is 19.4 Å². The zero-order valence-electron chi connectivity index (χ0n) is 11.8. The van der Waals surface area contributed by atoms with Crippen LogP contribution in [0.5, 0.6) is 5.75 Å². The zero-order chi connectivity index (χ0) is 15.5. The first-order chi connectivity index (χ1) is 10.6. The highest BCUT2D eigenvalue weighted by atomic mass is 16.5. The Balaban J connectivity index is 1.62. The van der Waals surface area contributed by atoms with Gasteiger partial charge < -0.3 is 15.2 Å². The number of hydrogen-bond donors (Lipinski definition) is 2. The molecule has 1 aliphatic rings. The van der Waals surface area contributed by atoms with Crippen molar-refractivity contribution >= 4 is 17.6 Å². The van der Waals surface area contributed by atoms with E-state index in [1.165, 1.54) is 0 Å². The summed E-state index contributed by atoms with van der Waals surface area (Å²) in [7, 11) is 0. The van der Waals surface area contributed by atoms with Gasteiger partial charge in [0.25, 0.3) is 5.91 Å². The molecule has 2 aromatic rings. The van der Waals surface area contributed by atoms with Crippen LogP contribution in [0.2, 0.25) is 0 Å². The molecule has 112 valence electrons. The molecule has 0 aromatic heterocycles. The van der Waals surface area contributed by atoms with Crippen LogP contribution < -0.4 is 10.1 Å². The van der Waals surface area contributed by atoms with Crippen molar-refractivity contribution in [1.82, 2.24) is 0 Å². The van der Waals surface area contributed by atoms with Crippen LogP contribution in [-0.4, -0.2) is 23.1 Å². The van der Waals surface area contributed by atoms with Crippen LogP contribution in [0.15, 0.2) is 48.5 Å². The molecule has 0 spiro atoms. The summed E-state index contributed by atoms with van der Waals surface area (Å²) in [6.07, 6.45) is -0.00919. The Morgan fingerprint density at radius 2 is 1.86 bits per heavy atom. The third-order valence-corrected chi connectivity index (χ3v) is 3.52. The lowest BCUT2D eigenvalue weighted by atomic mass is 10.1. The molecule has 0 fully saturated rings. The van der Waals surface area contributed by atoms with Gasteiger partial charge in [0.2, 0.25) is 0 Å². The highest BCUT2D eigenvalue weighted by molar-refractivity contribution is 5.95. The molecular formula is C17H15NO4. The number of fused-ring (bicyclic) bond motifs is 1. The van der Waals surface area contributed by atoms with E-state index in [0.29, 0.717) is 17.7 Å². The highest BCUT2D eigenvalue weighted by Crippen LogP contribution is 2.28. The van der Waals surface area contributed by atoms with E-state index in [2.05, 4.69) is 5.32 Å². The number of carbonyl (C=O) groups excluding carboxylic acids is 1. The number of carbonyl (C=O) groups is 2. The molecule has 1 heterocycles. The number of benzene rings is 2. The minimum atomic E-state index is -0.881. The molecule has 5 nitrogen and oxygen atoms in total. The molecule has 1 unspecified atom stereocenters. The molecule has 22 heavy (non-hydrogen) atoms. The number of amides is 1. The largest absolute Gasteiger partial charge is 0.481 e. The second-order valence-corrected chi connectivity index (χ2v) is 5.18. The van der Waals surface area contributed by atoms with Crippen LogP contribution in [0, 0.1) is 0 Å². The van der Waals surface area contributed by atoms with E-state index in [1.807, 2.05) is 24.3 Å². The van der Waals surface area contributed by atoms with Crippen LogP contribution in [-0.2, 0) is 22.4 Å².